The van der Waals surface area contributed by atoms with Gasteiger partial charge in [0.1, 0.15) is 16.6 Å². The molecule has 0 radical (unpaired) electrons. The molecule has 0 bridgehead atoms. The second kappa shape index (κ2) is 4.89. The Morgan fingerprint density at radius 2 is 1.94 bits per heavy atom. The number of halogens is 2. The van der Waals surface area contributed by atoms with Crippen molar-refractivity contribution in [2.75, 3.05) is 7.05 Å². The normalized spacial score (nSPS) is 12.7. The van der Waals surface area contributed by atoms with Gasteiger partial charge in [0.2, 0.25) is 0 Å². The van der Waals surface area contributed by atoms with Crippen molar-refractivity contribution in [2.24, 2.45) is 0 Å². The number of rotatable bonds is 3. The summed E-state index contributed by atoms with van der Waals surface area (Å²) in [6, 6.07) is 3.88. The second-order valence-electron chi connectivity index (χ2n) is 3.68. The van der Waals surface area contributed by atoms with Crippen molar-refractivity contribution >= 4 is 11.3 Å². The molecule has 2 aromatic rings. The summed E-state index contributed by atoms with van der Waals surface area (Å²) >= 11 is 1.24. The Labute approximate surface area is 102 Å². The molecule has 0 aliphatic rings. The van der Waals surface area contributed by atoms with Gasteiger partial charge in [-0.25, -0.2) is 13.8 Å². The average molecular weight is 254 g/mol. The maximum absolute atomic E-state index is 13.5. The topological polar surface area (TPSA) is 24.9 Å². The monoisotopic (exact) mass is 254 g/mol. The molecule has 0 aliphatic heterocycles. The molecule has 0 amide bonds. The lowest BCUT2D eigenvalue weighted by Crippen LogP contribution is -2.12. The van der Waals surface area contributed by atoms with E-state index in [0.717, 1.165) is 5.69 Å². The van der Waals surface area contributed by atoms with Gasteiger partial charge < -0.3 is 5.32 Å². The van der Waals surface area contributed by atoms with E-state index >= 15 is 0 Å². The molecule has 0 saturated heterocycles. The van der Waals surface area contributed by atoms with Gasteiger partial charge in [-0.2, -0.15) is 0 Å². The number of benzene rings is 1. The minimum Gasteiger partial charge on any atom is -0.312 e. The predicted octanol–water partition coefficient (Wildman–Crippen LogP) is 3.37. The van der Waals surface area contributed by atoms with Crippen LogP contribution in [0.5, 0.6) is 0 Å². The minimum absolute atomic E-state index is 0.0490. The lowest BCUT2D eigenvalue weighted by Gasteiger charge is -2.05. The Morgan fingerprint density at radius 1 is 1.29 bits per heavy atom. The quantitative estimate of drug-likeness (QED) is 0.908. The summed E-state index contributed by atoms with van der Waals surface area (Å²) in [6.07, 6.45) is 0. The van der Waals surface area contributed by atoms with E-state index in [2.05, 4.69) is 10.3 Å². The van der Waals surface area contributed by atoms with Gasteiger partial charge in [0, 0.05) is 11.4 Å². The van der Waals surface area contributed by atoms with Crippen LogP contribution in [0.2, 0.25) is 0 Å². The van der Waals surface area contributed by atoms with E-state index in [9.17, 15) is 8.78 Å². The molecule has 17 heavy (non-hydrogen) atoms. The molecule has 1 N–H and O–H groups in total. The molecule has 0 aliphatic carbocycles. The van der Waals surface area contributed by atoms with E-state index in [1.54, 1.807) is 0 Å². The molecule has 1 heterocycles. The number of nitrogens with one attached hydrogen (secondary N) is 1. The zero-order chi connectivity index (χ0) is 12.4. The molecule has 5 heteroatoms. The van der Waals surface area contributed by atoms with Crippen LogP contribution in [0.4, 0.5) is 8.78 Å². The number of hydrogen-bond donors (Lipinski definition) is 1. The standard InChI is InChI=1S/C12H12F2N2S/c1-7(15-2)10-6-17-12(16-10)11-8(13)4-3-5-9(11)14/h3-7,15H,1-2H3. The van der Waals surface area contributed by atoms with Gasteiger partial charge in [0.05, 0.1) is 11.3 Å². The van der Waals surface area contributed by atoms with E-state index in [1.165, 1.54) is 29.5 Å². The van der Waals surface area contributed by atoms with Crippen LogP contribution >= 0.6 is 11.3 Å². The number of nitrogens with zero attached hydrogens (tertiary/aromatic N) is 1. The molecular weight excluding hydrogens is 242 g/mol. The van der Waals surface area contributed by atoms with Gasteiger partial charge in [-0.05, 0) is 26.1 Å². The highest BCUT2D eigenvalue weighted by Gasteiger charge is 2.16. The van der Waals surface area contributed by atoms with Crippen LogP contribution in [0.15, 0.2) is 23.6 Å². The summed E-state index contributed by atoms with van der Waals surface area (Å²) in [5.74, 6) is -1.16. The van der Waals surface area contributed by atoms with Gasteiger partial charge in [0.15, 0.2) is 0 Å². The minimum atomic E-state index is -0.581. The van der Waals surface area contributed by atoms with Crippen molar-refractivity contribution in [3.63, 3.8) is 0 Å². The summed E-state index contributed by atoms with van der Waals surface area (Å²) in [6.45, 7) is 1.94. The van der Waals surface area contributed by atoms with Gasteiger partial charge in [-0.1, -0.05) is 6.07 Å². The van der Waals surface area contributed by atoms with Gasteiger partial charge in [-0.15, -0.1) is 11.3 Å². The summed E-state index contributed by atoms with van der Waals surface area (Å²) in [7, 11) is 1.81. The highest BCUT2D eigenvalue weighted by molar-refractivity contribution is 7.13. The molecule has 0 fully saturated rings. The second-order valence-corrected chi connectivity index (χ2v) is 4.54. The Hall–Kier alpha value is -1.33. The molecular formula is C12H12F2N2S. The van der Waals surface area contributed by atoms with Gasteiger partial charge in [-0.3, -0.25) is 0 Å². The molecule has 0 saturated carbocycles. The van der Waals surface area contributed by atoms with Crippen molar-refractivity contribution in [3.8, 4) is 10.6 Å². The molecule has 90 valence electrons. The summed E-state index contributed by atoms with van der Waals surface area (Å²) < 4.78 is 27.1. The van der Waals surface area contributed by atoms with Crippen LogP contribution in [0, 0.1) is 11.6 Å². The van der Waals surface area contributed by atoms with Gasteiger partial charge in [0.25, 0.3) is 0 Å². The molecule has 1 atom stereocenters. The first-order chi connectivity index (χ1) is 8.13. The summed E-state index contributed by atoms with van der Waals surface area (Å²) in [5, 5.41) is 5.21. The largest absolute Gasteiger partial charge is 0.312 e. The molecule has 2 rings (SSSR count). The fourth-order valence-corrected chi connectivity index (χ4v) is 2.41. The molecule has 2 nitrogen and oxygen atoms in total. The fourth-order valence-electron chi connectivity index (χ4n) is 1.45. The van der Waals surface area contributed by atoms with E-state index in [1.807, 2.05) is 19.4 Å². The zero-order valence-corrected chi connectivity index (χ0v) is 10.3. The van der Waals surface area contributed by atoms with Crippen LogP contribution in [0.3, 0.4) is 0 Å². The Kier molecular flexibility index (Phi) is 3.49. The van der Waals surface area contributed by atoms with E-state index < -0.39 is 11.6 Å². The Balaban J connectivity index is 2.44. The third-order valence-corrected chi connectivity index (χ3v) is 3.45. The average Bonchev–Trinajstić information content (AvgIpc) is 2.77. The van der Waals surface area contributed by atoms with Crippen LogP contribution in [-0.2, 0) is 0 Å². The van der Waals surface area contributed by atoms with Crippen LogP contribution in [-0.4, -0.2) is 12.0 Å². The van der Waals surface area contributed by atoms with E-state index in [0.29, 0.717) is 5.01 Å². The van der Waals surface area contributed by atoms with Crippen LogP contribution in [0.1, 0.15) is 18.7 Å². The SMILES string of the molecule is CNC(C)c1csc(-c2c(F)cccc2F)n1. The number of aromatic nitrogens is 1. The lowest BCUT2D eigenvalue weighted by atomic mass is 10.2. The molecule has 1 unspecified atom stereocenters. The smallest absolute Gasteiger partial charge is 0.136 e. The van der Waals surface area contributed by atoms with Crippen molar-refractivity contribution in [1.29, 1.82) is 0 Å². The lowest BCUT2D eigenvalue weighted by molar-refractivity contribution is 0.588. The highest BCUT2D eigenvalue weighted by Crippen LogP contribution is 2.30. The molecule has 0 spiro atoms. The van der Waals surface area contributed by atoms with Crippen molar-refractivity contribution in [2.45, 2.75) is 13.0 Å². The summed E-state index contributed by atoms with van der Waals surface area (Å²) in [5.41, 5.74) is 0.738. The predicted molar refractivity (Wildman–Crippen MR) is 64.9 cm³/mol. The molecule has 1 aromatic heterocycles. The Morgan fingerprint density at radius 3 is 2.53 bits per heavy atom. The first-order valence-corrected chi connectivity index (χ1v) is 6.08. The maximum Gasteiger partial charge on any atom is 0.136 e. The highest BCUT2D eigenvalue weighted by atomic mass is 32.1. The van der Waals surface area contributed by atoms with Gasteiger partial charge >= 0.3 is 0 Å². The molecule has 1 aromatic carbocycles. The van der Waals surface area contributed by atoms with Crippen molar-refractivity contribution in [1.82, 2.24) is 10.3 Å². The van der Waals surface area contributed by atoms with Crippen LogP contribution in [0.25, 0.3) is 10.6 Å². The number of hydrogen-bond acceptors (Lipinski definition) is 3. The zero-order valence-electron chi connectivity index (χ0n) is 9.50. The van der Waals surface area contributed by atoms with Crippen molar-refractivity contribution in [3.05, 3.63) is 40.9 Å². The first-order valence-electron chi connectivity index (χ1n) is 5.20. The fraction of sp³-hybridized carbons (Fsp3) is 0.250. The first kappa shape index (κ1) is 12.1. The number of thiazole rings is 1. The third kappa shape index (κ3) is 2.35. The third-order valence-electron chi connectivity index (χ3n) is 2.58. The summed E-state index contributed by atoms with van der Waals surface area (Å²) in [4.78, 5) is 4.25. The Bertz CT molecular complexity index is 505. The van der Waals surface area contributed by atoms with Crippen molar-refractivity contribution < 1.29 is 8.78 Å². The van der Waals surface area contributed by atoms with Crippen LogP contribution < -0.4 is 5.32 Å². The van der Waals surface area contributed by atoms with E-state index in [4.69, 9.17) is 0 Å². The van der Waals surface area contributed by atoms with E-state index in [-0.39, 0.29) is 11.6 Å². The maximum atomic E-state index is 13.5.